The highest BCUT2D eigenvalue weighted by atomic mass is 32.1. The first-order valence-electron chi connectivity index (χ1n) is 6.83. The van der Waals surface area contributed by atoms with Crippen molar-refractivity contribution < 1.29 is 4.79 Å². The van der Waals surface area contributed by atoms with E-state index in [0.717, 1.165) is 22.2 Å². The number of aromatic nitrogens is 1. The minimum Gasteiger partial charge on any atom is -0.332 e. The van der Waals surface area contributed by atoms with E-state index >= 15 is 0 Å². The van der Waals surface area contributed by atoms with Crippen LogP contribution in [0.25, 0.3) is 0 Å². The topological polar surface area (TPSA) is 66.1 Å². The van der Waals surface area contributed by atoms with Crippen LogP contribution in [-0.4, -0.2) is 24.5 Å². The number of benzene rings is 1. The third-order valence-electron chi connectivity index (χ3n) is 2.98. The monoisotopic (exact) mass is 304 g/mol. The first kappa shape index (κ1) is 15.5. The highest BCUT2D eigenvalue weighted by molar-refractivity contribution is 7.13. The molecule has 3 N–H and O–H groups in total. The van der Waals surface area contributed by atoms with E-state index in [0.29, 0.717) is 6.54 Å². The fraction of sp³-hybridized carbons (Fsp3) is 0.333. The van der Waals surface area contributed by atoms with Crippen molar-refractivity contribution >= 4 is 33.8 Å². The number of carbonyl (C=O) groups excluding carboxylic acids is 1. The first-order valence-corrected chi connectivity index (χ1v) is 7.71. The van der Waals surface area contributed by atoms with E-state index < -0.39 is 0 Å². The van der Waals surface area contributed by atoms with Crippen molar-refractivity contribution in [3.63, 3.8) is 0 Å². The van der Waals surface area contributed by atoms with Crippen molar-refractivity contribution in [1.29, 1.82) is 0 Å². The molecule has 0 fully saturated rings. The van der Waals surface area contributed by atoms with Crippen LogP contribution in [-0.2, 0) is 4.79 Å². The summed E-state index contributed by atoms with van der Waals surface area (Å²) in [5.74, 6) is -0.0493. The third kappa shape index (κ3) is 4.54. The van der Waals surface area contributed by atoms with Gasteiger partial charge in [0.15, 0.2) is 5.13 Å². The molecule has 21 heavy (non-hydrogen) atoms. The fourth-order valence-corrected chi connectivity index (χ4v) is 2.54. The van der Waals surface area contributed by atoms with Gasteiger partial charge in [0.1, 0.15) is 0 Å². The Morgan fingerprint density at radius 1 is 1.29 bits per heavy atom. The van der Waals surface area contributed by atoms with E-state index in [-0.39, 0.29) is 11.8 Å². The molecule has 0 bridgehead atoms. The summed E-state index contributed by atoms with van der Waals surface area (Å²) >= 11 is 1.57. The Kier molecular flexibility index (Phi) is 5.30. The average molecular weight is 304 g/mol. The predicted molar refractivity (Wildman–Crippen MR) is 88.3 cm³/mol. The van der Waals surface area contributed by atoms with Crippen LogP contribution in [0.5, 0.6) is 0 Å². The van der Waals surface area contributed by atoms with E-state index in [1.165, 1.54) is 0 Å². The molecule has 1 aromatic heterocycles. The molecule has 1 atom stereocenters. The summed E-state index contributed by atoms with van der Waals surface area (Å²) in [6, 6.07) is 7.61. The van der Waals surface area contributed by atoms with Crippen molar-refractivity contribution in [3.05, 3.63) is 35.3 Å². The lowest BCUT2D eigenvalue weighted by atomic mass is 10.1. The van der Waals surface area contributed by atoms with E-state index in [9.17, 15) is 4.79 Å². The molecule has 1 heterocycles. The summed E-state index contributed by atoms with van der Waals surface area (Å²) in [6.07, 6.45) is 0. The second-order valence-corrected chi connectivity index (χ2v) is 5.80. The average Bonchev–Trinajstić information content (AvgIpc) is 2.86. The van der Waals surface area contributed by atoms with Crippen LogP contribution < -0.4 is 16.0 Å². The molecule has 0 radical (unpaired) electrons. The zero-order chi connectivity index (χ0) is 15.2. The molecule has 0 aliphatic rings. The Balaban J connectivity index is 1.94. The number of hydrogen-bond donors (Lipinski definition) is 3. The molecule has 6 heteroatoms. The predicted octanol–water partition coefficient (Wildman–Crippen LogP) is 2.99. The van der Waals surface area contributed by atoms with Gasteiger partial charge in [-0.15, -0.1) is 11.3 Å². The molecule has 2 rings (SSSR count). The lowest BCUT2D eigenvalue weighted by molar-refractivity contribution is -0.119. The molecule has 0 saturated heterocycles. The minimum absolute atomic E-state index is 0.0145. The lowest BCUT2D eigenvalue weighted by Crippen LogP contribution is -2.28. The quantitative estimate of drug-likeness (QED) is 0.767. The summed E-state index contributed by atoms with van der Waals surface area (Å²) in [4.78, 5) is 16.3. The number of aryl methyl sites for hydroxylation is 1. The smallest absolute Gasteiger partial charge is 0.228 e. The van der Waals surface area contributed by atoms with Gasteiger partial charge >= 0.3 is 0 Å². The lowest BCUT2D eigenvalue weighted by Gasteiger charge is -2.12. The second kappa shape index (κ2) is 7.19. The number of nitrogens with one attached hydrogen (secondary N) is 3. The van der Waals surface area contributed by atoms with Gasteiger partial charge in [-0.2, -0.15) is 0 Å². The van der Waals surface area contributed by atoms with Gasteiger partial charge < -0.3 is 16.0 Å². The van der Waals surface area contributed by atoms with Gasteiger partial charge in [0, 0.05) is 29.2 Å². The van der Waals surface area contributed by atoms with Crippen LogP contribution in [0.3, 0.4) is 0 Å². The molecule has 1 unspecified atom stereocenters. The minimum atomic E-state index is -0.0638. The summed E-state index contributed by atoms with van der Waals surface area (Å²) < 4.78 is 0. The molecule has 112 valence electrons. The van der Waals surface area contributed by atoms with E-state index in [2.05, 4.69) is 20.9 Å². The maximum absolute atomic E-state index is 11.9. The second-order valence-electron chi connectivity index (χ2n) is 4.94. The molecule has 5 nitrogen and oxygen atoms in total. The Morgan fingerprint density at radius 2 is 1.95 bits per heavy atom. The van der Waals surface area contributed by atoms with Crippen LogP contribution in [0.4, 0.5) is 16.5 Å². The number of amides is 1. The number of nitrogens with zero attached hydrogens (tertiary/aromatic N) is 1. The van der Waals surface area contributed by atoms with Gasteiger partial charge in [-0.3, -0.25) is 4.79 Å². The van der Waals surface area contributed by atoms with Crippen molar-refractivity contribution in [3.8, 4) is 0 Å². The van der Waals surface area contributed by atoms with Crippen LogP contribution in [0.1, 0.15) is 12.6 Å². The molecule has 0 aliphatic carbocycles. The number of hydrogen-bond acceptors (Lipinski definition) is 5. The van der Waals surface area contributed by atoms with Gasteiger partial charge in [-0.25, -0.2) is 4.98 Å². The molecular formula is C15H20N4OS. The molecular weight excluding hydrogens is 284 g/mol. The number of anilines is 3. The van der Waals surface area contributed by atoms with Gasteiger partial charge in [-0.1, -0.05) is 6.92 Å². The third-order valence-corrected chi connectivity index (χ3v) is 3.86. The zero-order valence-electron chi connectivity index (χ0n) is 12.4. The van der Waals surface area contributed by atoms with E-state index in [4.69, 9.17) is 0 Å². The Bertz CT molecular complexity index is 594. The zero-order valence-corrected chi connectivity index (χ0v) is 13.3. The number of thiazole rings is 1. The van der Waals surface area contributed by atoms with Crippen LogP contribution in [0.2, 0.25) is 0 Å². The van der Waals surface area contributed by atoms with Crippen molar-refractivity contribution in [2.75, 3.05) is 24.2 Å². The van der Waals surface area contributed by atoms with Crippen molar-refractivity contribution in [2.45, 2.75) is 13.8 Å². The van der Waals surface area contributed by atoms with E-state index in [1.54, 1.807) is 11.3 Å². The summed E-state index contributed by atoms with van der Waals surface area (Å²) in [7, 11) is 1.84. The molecule has 1 amide bonds. The van der Waals surface area contributed by atoms with Crippen LogP contribution in [0, 0.1) is 12.8 Å². The maximum Gasteiger partial charge on any atom is 0.228 e. The molecule has 2 aromatic rings. The standard InChI is InChI=1S/C15H20N4OS/c1-10(8-16-3)14(20)18-12-4-6-13(7-5-12)19-15-17-11(2)9-21-15/h4-7,9-10,16H,8H2,1-3H3,(H,17,19)(H,18,20). The van der Waals surface area contributed by atoms with E-state index in [1.807, 2.05) is 50.5 Å². The van der Waals surface area contributed by atoms with Gasteiger partial charge in [-0.05, 0) is 38.2 Å². The van der Waals surface area contributed by atoms with Gasteiger partial charge in [0.25, 0.3) is 0 Å². The SMILES string of the molecule is CNCC(C)C(=O)Nc1ccc(Nc2nc(C)cs2)cc1. The highest BCUT2D eigenvalue weighted by Crippen LogP contribution is 2.22. The molecule has 0 saturated carbocycles. The van der Waals surface area contributed by atoms with Gasteiger partial charge in [0.2, 0.25) is 5.91 Å². The summed E-state index contributed by atoms with van der Waals surface area (Å²) in [6.45, 7) is 4.52. The summed E-state index contributed by atoms with van der Waals surface area (Å²) in [5, 5.41) is 12.0. The Morgan fingerprint density at radius 3 is 2.52 bits per heavy atom. The maximum atomic E-state index is 11.9. The summed E-state index contributed by atoms with van der Waals surface area (Å²) in [5.41, 5.74) is 2.75. The first-order chi connectivity index (χ1) is 10.1. The van der Waals surface area contributed by atoms with Crippen molar-refractivity contribution in [2.24, 2.45) is 5.92 Å². The largest absolute Gasteiger partial charge is 0.332 e. The number of carbonyl (C=O) groups is 1. The molecule has 0 aliphatic heterocycles. The van der Waals surface area contributed by atoms with Crippen LogP contribution in [0.15, 0.2) is 29.6 Å². The highest BCUT2D eigenvalue weighted by Gasteiger charge is 2.11. The number of rotatable bonds is 6. The van der Waals surface area contributed by atoms with Crippen molar-refractivity contribution in [1.82, 2.24) is 10.3 Å². The van der Waals surface area contributed by atoms with Gasteiger partial charge in [0.05, 0.1) is 5.69 Å². The molecule has 1 aromatic carbocycles. The Labute approximate surface area is 128 Å². The Hall–Kier alpha value is -1.92. The molecule has 0 spiro atoms. The van der Waals surface area contributed by atoms with Crippen LogP contribution >= 0.6 is 11.3 Å². The normalized spacial score (nSPS) is 12.0. The fourth-order valence-electron chi connectivity index (χ4n) is 1.84.